The van der Waals surface area contributed by atoms with Gasteiger partial charge in [0.1, 0.15) is 0 Å². The van der Waals surface area contributed by atoms with Crippen LogP contribution in [0, 0.1) is 0 Å². The molecule has 1 aromatic heterocycles. The van der Waals surface area contributed by atoms with E-state index in [2.05, 4.69) is 22.4 Å². The molecule has 0 radical (unpaired) electrons. The van der Waals surface area contributed by atoms with Crippen LogP contribution in [0.15, 0.2) is 22.5 Å². The molecular formula is C18H26N4O3S2. The quantitative estimate of drug-likeness (QED) is 0.449. The highest BCUT2D eigenvalue weighted by Crippen LogP contribution is 2.28. The van der Waals surface area contributed by atoms with Crippen LogP contribution in [0.5, 0.6) is 11.5 Å². The van der Waals surface area contributed by atoms with Gasteiger partial charge < -0.3 is 19.7 Å². The van der Waals surface area contributed by atoms with Gasteiger partial charge in [-0.25, -0.2) is 0 Å². The smallest absolute Gasteiger partial charge is 0.233 e. The van der Waals surface area contributed by atoms with Crippen LogP contribution in [-0.2, 0) is 11.3 Å². The number of benzene rings is 1. The van der Waals surface area contributed by atoms with Gasteiger partial charge in [0, 0.05) is 20.1 Å². The average molecular weight is 411 g/mol. The van der Waals surface area contributed by atoms with Crippen molar-refractivity contribution in [3.05, 3.63) is 23.8 Å². The molecule has 0 bridgehead atoms. The molecule has 1 N–H and O–H groups in total. The summed E-state index contributed by atoms with van der Waals surface area (Å²) in [6, 6.07) is 5.65. The third kappa shape index (κ3) is 6.59. The Morgan fingerprint density at radius 2 is 2.04 bits per heavy atom. The van der Waals surface area contributed by atoms with E-state index in [1.165, 1.54) is 23.1 Å². The number of amides is 1. The van der Waals surface area contributed by atoms with Crippen molar-refractivity contribution in [1.82, 2.24) is 15.1 Å². The van der Waals surface area contributed by atoms with Crippen LogP contribution in [-0.4, -0.2) is 54.6 Å². The highest BCUT2D eigenvalue weighted by Gasteiger charge is 2.13. The molecule has 148 valence electrons. The number of carbonyl (C=O) groups is 1. The van der Waals surface area contributed by atoms with Crippen LogP contribution in [0.1, 0.15) is 25.3 Å². The van der Waals surface area contributed by atoms with Crippen molar-refractivity contribution in [3.8, 4) is 11.5 Å². The Hall–Kier alpha value is -2.00. The summed E-state index contributed by atoms with van der Waals surface area (Å²) in [5.74, 6) is 1.69. The molecule has 9 heteroatoms. The monoisotopic (exact) mass is 410 g/mol. The van der Waals surface area contributed by atoms with E-state index in [0.29, 0.717) is 23.8 Å². The number of unbranched alkanes of at least 4 members (excludes halogenated alkanes) is 1. The Bertz CT molecular complexity index is 739. The maximum Gasteiger partial charge on any atom is 0.233 e. The predicted molar refractivity (Wildman–Crippen MR) is 110 cm³/mol. The van der Waals surface area contributed by atoms with Crippen LogP contribution < -0.4 is 14.8 Å². The molecule has 2 rings (SSSR count). The normalized spacial score (nSPS) is 10.5. The minimum absolute atomic E-state index is 0.0328. The van der Waals surface area contributed by atoms with E-state index in [4.69, 9.17) is 9.47 Å². The zero-order chi connectivity index (χ0) is 19.6. The summed E-state index contributed by atoms with van der Waals surface area (Å²) in [7, 11) is 4.99. The second-order valence-electron chi connectivity index (χ2n) is 5.88. The maximum atomic E-state index is 12.4. The fourth-order valence-electron chi connectivity index (χ4n) is 2.29. The lowest BCUT2D eigenvalue weighted by molar-refractivity contribution is -0.127. The van der Waals surface area contributed by atoms with Gasteiger partial charge in [0.15, 0.2) is 15.8 Å². The first kappa shape index (κ1) is 21.3. The Kier molecular flexibility index (Phi) is 8.66. The lowest BCUT2D eigenvalue weighted by Crippen LogP contribution is -2.27. The van der Waals surface area contributed by atoms with Gasteiger partial charge in [-0.05, 0) is 24.1 Å². The molecule has 0 unspecified atom stereocenters. The van der Waals surface area contributed by atoms with Crippen LogP contribution in [0.2, 0.25) is 0 Å². The van der Waals surface area contributed by atoms with E-state index in [0.717, 1.165) is 34.4 Å². The number of ether oxygens (including phenoxy) is 2. The van der Waals surface area contributed by atoms with Gasteiger partial charge >= 0.3 is 0 Å². The number of hydrogen-bond donors (Lipinski definition) is 1. The van der Waals surface area contributed by atoms with E-state index >= 15 is 0 Å². The Labute approximate surface area is 168 Å². The molecule has 0 saturated heterocycles. The highest BCUT2D eigenvalue weighted by molar-refractivity contribution is 8.01. The van der Waals surface area contributed by atoms with Gasteiger partial charge in [0.05, 0.1) is 20.0 Å². The molecule has 0 aliphatic heterocycles. The van der Waals surface area contributed by atoms with E-state index in [1.807, 2.05) is 18.2 Å². The molecule has 1 amide bonds. The molecule has 0 aliphatic carbocycles. The van der Waals surface area contributed by atoms with Crippen molar-refractivity contribution in [3.63, 3.8) is 0 Å². The fraction of sp³-hybridized carbons (Fsp3) is 0.500. The third-order valence-electron chi connectivity index (χ3n) is 3.83. The highest BCUT2D eigenvalue weighted by atomic mass is 32.2. The number of methoxy groups -OCH3 is 2. The van der Waals surface area contributed by atoms with Gasteiger partial charge in [-0.15, -0.1) is 10.2 Å². The summed E-state index contributed by atoms with van der Waals surface area (Å²) in [5.41, 5.74) is 0.979. The van der Waals surface area contributed by atoms with Crippen molar-refractivity contribution in [2.75, 3.05) is 38.9 Å². The van der Waals surface area contributed by atoms with E-state index < -0.39 is 0 Å². The lowest BCUT2D eigenvalue weighted by Gasteiger charge is -2.18. The number of nitrogens with one attached hydrogen (secondary N) is 1. The molecule has 1 heterocycles. The van der Waals surface area contributed by atoms with Gasteiger partial charge in [-0.3, -0.25) is 4.79 Å². The van der Waals surface area contributed by atoms with Crippen LogP contribution in [0.3, 0.4) is 0 Å². The van der Waals surface area contributed by atoms with Crippen LogP contribution in [0.4, 0.5) is 5.13 Å². The molecular weight excluding hydrogens is 384 g/mol. The number of anilines is 1. The molecule has 0 aliphatic rings. The third-order valence-corrected chi connectivity index (χ3v) is 5.82. The Morgan fingerprint density at radius 3 is 2.74 bits per heavy atom. The fourth-order valence-corrected chi connectivity index (χ4v) is 4.00. The standard InChI is InChI=1S/C18H26N4O3S2/c1-5-6-9-19-17-20-21-18(27-17)26-12-16(23)22(2)11-13-7-8-14(24-3)15(10-13)25-4/h7-8,10H,5-6,9,11-12H2,1-4H3,(H,19,20). The second kappa shape index (κ2) is 11.0. The number of hydrogen-bond acceptors (Lipinski definition) is 8. The summed E-state index contributed by atoms with van der Waals surface area (Å²) < 4.78 is 11.3. The van der Waals surface area contributed by atoms with Crippen molar-refractivity contribution in [1.29, 1.82) is 0 Å². The first-order valence-corrected chi connectivity index (χ1v) is 10.5. The summed E-state index contributed by atoms with van der Waals surface area (Å²) in [6.07, 6.45) is 2.23. The van der Waals surface area contributed by atoms with Crippen molar-refractivity contribution >= 4 is 34.1 Å². The zero-order valence-electron chi connectivity index (χ0n) is 16.2. The first-order valence-electron chi connectivity index (χ1n) is 8.72. The predicted octanol–water partition coefficient (Wildman–Crippen LogP) is 3.52. The SMILES string of the molecule is CCCCNc1nnc(SCC(=O)N(C)Cc2ccc(OC)c(OC)c2)s1. The molecule has 7 nitrogen and oxygen atoms in total. The topological polar surface area (TPSA) is 76.6 Å². The van der Waals surface area contributed by atoms with Gasteiger partial charge in [-0.2, -0.15) is 0 Å². The number of rotatable bonds is 11. The van der Waals surface area contributed by atoms with Gasteiger partial charge in [-0.1, -0.05) is 42.5 Å². The number of nitrogens with zero attached hydrogens (tertiary/aromatic N) is 3. The summed E-state index contributed by atoms with van der Waals surface area (Å²) in [4.78, 5) is 14.1. The van der Waals surface area contributed by atoms with Crippen LogP contribution >= 0.6 is 23.1 Å². The molecule has 0 spiro atoms. The Balaban J connectivity index is 1.83. The summed E-state index contributed by atoms with van der Waals surface area (Å²) >= 11 is 2.89. The minimum atomic E-state index is 0.0328. The Morgan fingerprint density at radius 1 is 1.26 bits per heavy atom. The molecule has 0 saturated carbocycles. The van der Waals surface area contributed by atoms with Crippen molar-refractivity contribution in [2.24, 2.45) is 0 Å². The molecule has 0 atom stereocenters. The lowest BCUT2D eigenvalue weighted by atomic mass is 10.2. The van der Waals surface area contributed by atoms with E-state index in [9.17, 15) is 4.79 Å². The number of aromatic nitrogens is 2. The minimum Gasteiger partial charge on any atom is -0.493 e. The molecule has 2 aromatic rings. The zero-order valence-corrected chi connectivity index (χ0v) is 17.8. The second-order valence-corrected chi connectivity index (χ2v) is 8.08. The van der Waals surface area contributed by atoms with Crippen LogP contribution in [0.25, 0.3) is 0 Å². The number of carbonyl (C=O) groups excluding carboxylic acids is 1. The molecule has 27 heavy (non-hydrogen) atoms. The van der Waals surface area contributed by atoms with E-state index in [-0.39, 0.29) is 5.91 Å². The van der Waals surface area contributed by atoms with Gasteiger partial charge in [0.25, 0.3) is 0 Å². The number of thioether (sulfide) groups is 1. The molecule has 1 aromatic carbocycles. The van der Waals surface area contributed by atoms with Crippen molar-refractivity contribution < 1.29 is 14.3 Å². The molecule has 0 fully saturated rings. The first-order chi connectivity index (χ1) is 13.1. The average Bonchev–Trinajstić information content (AvgIpc) is 3.13. The largest absolute Gasteiger partial charge is 0.493 e. The van der Waals surface area contributed by atoms with Crippen molar-refractivity contribution in [2.45, 2.75) is 30.6 Å². The van der Waals surface area contributed by atoms with E-state index in [1.54, 1.807) is 26.2 Å². The summed E-state index contributed by atoms with van der Waals surface area (Å²) in [5, 5.41) is 12.3. The summed E-state index contributed by atoms with van der Waals surface area (Å²) in [6.45, 7) is 3.54. The van der Waals surface area contributed by atoms with Gasteiger partial charge in [0.2, 0.25) is 11.0 Å². The maximum absolute atomic E-state index is 12.4.